The van der Waals surface area contributed by atoms with E-state index in [2.05, 4.69) is 48.4 Å². The highest BCUT2D eigenvalue weighted by Crippen LogP contribution is 2.44. The minimum absolute atomic E-state index is 0.0140. The van der Waals surface area contributed by atoms with Crippen LogP contribution in [-0.4, -0.2) is 54.2 Å². The first-order chi connectivity index (χ1) is 20.3. The predicted molar refractivity (Wildman–Crippen MR) is 166 cm³/mol. The van der Waals surface area contributed by atoms with Crippen LogP contribution in [-0.2, 0) is 17.8 Å². The molecular formula is C35H46N2O5. The van der Waals surface area contributed by atoms with Crippen LogP contribution >= 0.6 is 0 Å². The van der Waals surface area contributed by atoms with Crippen molar-refractivity contribution in [1.29, 1.82) is 0 Å². The third-order valence-corrected chi connectivity index (χ3v) is 8.54. The lowest BCUT2D eigenvalue weighted by molar-refractivity contribution is -0.137. The second-order valence-corrected chi connectivity index (χ2v) is 11.9. The molecule has 42 heavy (non-hydrogen) atoms. The summed E-state index contributed by atoms with van der Waals surface area (Å²) in [5, 5.41) is 13.5. The number of amides is 1. The molecule has 4 rings (SSSR count). The molecule has 0 spiro atoms. The highest BCUT2D eigenvalue weighted by molar-refractivity contribution is 5.91. The predicted octanol–water partition coefficient (Wildman–Crippen LogP) is 6.42. The first-order valence-electron chi connectivity index (χ1n) is 15.3. The lowest BCUT2D eigenvalue weighted by Crippen LogP contribution is -2.59. The Morgan fingerprint density at radius 2 is 1.86 bits per heavy atom. The normalized spacial score (nSPS) is 20.7. The highest BCUT2D eigenvalue weighted by atomic mass is 16.5. The van der Waals surface area contributed by atoms with Crippen molar-refractivity contribution in [2.75, 3.05) is 20.3 Å². The summed E-state index contributed by atoms with van der Waals surface area (Å²) in [4.78, 5) is 28.3. The van der Waals surface area contributed by atoms with Gasteiger partial charge in [-0.1, -0.05) is 62.8 Å². The molecule has 1 fully saturated rings. The van der Waals surface area contributed by atoms with Crippen molar-refractivity contribution in [3.8, 4) is 11.5 Å². The van der Waals surface area contributed by atoms with E-state index in [0.717, 1.165) is 42.7 Å². The number of carbonyl (C=O) groups is 2. The fourth-order valence-electron chi connectivity index (χ4n) is 6.49. The van der Waals surface area contributed by atoms with E-state index in [0.29, 0.717) is 24.8 Å². The fraction of sp³-hybridized carbons (Fsp3) is 0.486. The van der Waals surface area contributed by atoms with Gasteiger partial charge in [0, 0.05) is 24.0 Å². The number of allylic oxidation sites excluding steroid dienone is 3. The summed E-state index contributed by atoms with van der Waals surface area (Å²) in [5.41, 5.74) is 1.63. The van der Waals surface area contributed by atoms with Crippen LogP contribution in [0.25, 0.3) is 0 Å². The van der Waals surface area contributed by atoms with Gasteiger partial charge in [0.2, 0.25) is 5.91 Å². The Labute approximate surface area is 250 Å². The van der Waals surface area contributed by atoms with Gasteiger partial charge < -0.3 is 24.8 Å². The summed E-state index contributed by atoms with van der Waals surface area (Å²) >= 11 is 0. The zero-order valence-electron chi connectivity index (χ0n) is 25.5. The molecular weight excluding hydrogens is 528 g/mol. The van der Waals surface area contributed by atoms with Gasteiger partial charge in [-0.3, -0.25) is 4.79 Å². The number of carboxylic acids is 1. The SMILES string of the molecule is CCOc1cc(CC(=O)N(Cc2ccc(OC)cc2)[C@@H](CC(C)C)C2(C3CCCCN3)C=CC=CC2)ccc1C(=O)O. The summed E-state index contributed by atoms with van der Waals surface area (Å²) < 4.78 is 11.0. The van der Waals surface area contributed by atoms with Crippen molar-refractivity contribution in [1.82, 2.24) is 10.2 Å². The van der Waals surface area contributed by atoms with Crippen molar-refractivity contribution in [2.45, 2.75) is 77.9 Å². The van der Waals surface area contributed by atoms with Crippen molar-refractivity contribution >= 4 is 11.9 Å². The maximum atomic E-state index is 14.5. The topological polar surface area (TPSA) is 88.1 Å². The van der Waals surface area contributed by atoms with Crippen LogP contribution < -0.4 is 14.8 Å². The van der Waals surface area contributed by atoms with E-state index in [9.17, 15) is 14.7 Å². The third kappa shape index (κ3) is 7.43. The second kappa shape index (κ2) is 14.5. The van der Waals surface area contributed by atoms with Crippen LogP contribution in [0, 0.1) is 11.3 Å². The largest absolute Gasteiger partial charge is 0.497 e. The van der Waals surface area contributed by atoms with E-state index in [4.69, 9.17) is 9.47 Å². The summed E-state index contributed by atoms with van der Waals surface area (Å²) in [5.74, 6) is 0.411. The Morgan fingerprint density at radius 1 is 1.10 bits per heavy atom. The number of ether oxygens (including phenoxy) is 2. The molecule has 2 unspecified atom stereocenters. The quantitative estimate of drug-likeness (QED) is 0.287. The molecule has 2 N–H and O–H groups in total. The Balaban J connectivity index is 1.76. The van der Waals surface area contributed by atoms with Crippen LogP contribution in [0.2, 0.25) is 0 Å². The molecule has 7 nitrogen and oxygen atoms in total. The van der Waals surface area contributed by atoms with Gasteiger partial charge in [0.1, 0.15) is 17.1 Å². The molecule has 1 heterocycles. The van der Waals surface area contributed by atoms with Gasteiger partial charge in [-0.2, -0.15) is 0 Å². The maximum Gasteiger partial charge on any atom is 0.339 e. The number of carboxylic acid groups (broad SMARTS) is 1. The Morgan fingerprint density at radius 3 is 2.45 bits per heavy atom. The standard InChI is InChI=1S/C35H46N2O5/c1-5-42-30-22-27(14-17-29(30)34(39)40)23-33(38)37(24-26-12-15-28(41-4)16-13-26)32(21-25(2)3)35(18-8-6-9-19-35)31-11-7-10-20-36-31/h6,8-9,12-18,22,25,31-32,36H,5,7,10-11,19-21,23-24H2,1-4H3,(H,39,40)/t31?,32-,35?/m0/s1. The second-order valence-electron chi connectivity index (χ2n) is 11.9. The maximum absolute atomic E-state index is 14.5. The van der Waals surface area contributed by atoms with E-state index in [1.807, 2.05) is 31.2 Å². The van der Waals surface area contributed by atoms with Crippen LogP contribution in [0.15, 0.2) is 66.8 Å². The zero-order chi connectivity index (χ0) is 30.1. The molecule has 1 amide bonds. The van der Waals surface area contributed by atoms with E-state index < -0.39 is 5.97 Å². The molecule has 2 aromatic rings. The van der Waals surface area contributed by atoms with Crippen LogP contribution in [0.5, 0.6) is 11.5 Å². The van der Waals surface area contributed by atoms with Crippen LogP contribution in [0.1, 0.15) is 74.4 Å². The molecule has 7 heteroatoms. The lowest BCUT2D eigenvalue weighted by atomic mass is 9.65. The number of methoxy groups -OCH3 is 1. The number of carbonyl (C=O) groups excluding carboxylic acids is 1. The monoisotopic (exact) mass is 574 g/mol. The van der Waals surface area contributed by atoms with Crippen LogP contribution in [0.4, 0.5) is 0 Å². The van der Waals surface area contributed by atoms with Crippen molar-refractivity contribution in [3.63, 3.8) is 0 Å². The van der Waals surface area contributed by atoms with Crippen LogP contribution in [0.3, 0.4) is 0 Å². The van der Waals surface area contributed by atoms with Gasteiger partial charge in [-0.15, -0.1) is 0 Å². The number of nitrogens with one attached hydrogen (secondary N) is 1. The molecule has 2 aliphatic rings. The van der Waals surface area contributed by atoms with Crippen molar-refractivity contribution in [3.05, 3.63) is 83.5 Å². The van der Waals surface area contributed by atoms with Gasteiger partial charge in [0.25, 0.3) is 0 Å². The first-order valence-corrected chi connectivity index (χ1v) is 15.3. The van der Waals surface area contributed by atoms with Crippen molar-refractivity contribution < 1.29 is 24.2 Å². The summed E-state index contributed by atoms with van der Waals surface area (Å²) in [6.45, 7) is 8.08. The van der Waals surface area contributed by atoms with E-state index in [1.54, 1.807) is 19.2 Å². The molecule has 1 saturated heterocycles. The average Bonchev–Trinajstić information content (AvgIpc) is 3.00. The number of rotatable bonds is 13. The minimum Gasteiger partial charge on any atom is -0.497 e. The van der Waals surface area contributed by atoms with E-state index >= 15 is 0 Å². The van der Waals surface area contributed by atoms with Crippen molar-refractivity contribution in [2.24, 2.45) is 11.3 Å². The molecule has 0 bridgehead atoms. The zero-order valence-corrected chi connectivity index (χ0v) is 25.5. The van der Waals surface area contributed by atoms with Gasteiger partial charge in [-0.25, -0.2) is 4.79 Å². The van der Waals surface area contributed by atoms with Gasteiger partial charge in [0.15, 0.2) is 0 Å². The molecule has 0 aromatic heterocycles. The molecule has 0 saturated carbocycles. The number of benzene rings is 2. The summed E-state index contributed by atoms with van der Waals surface area (Å²) in [6, 6.07) is 13.1. The van der Waals surface area contributed by atoms with E-state index in [1.165, 1.54) is 18.9 Å². The molecule has 1 aliphatic carbocycles. The number of aromatic carboxylic acids is 1. The molecule has 226 valence electrons. The molecule has 3 atom stereocenters. The van der Waals surface area contributed by atoms with Gasteiger partial charge in [0.05, 0.1) is 20.1 Å². The fourth-order valence-corrected chi connectivity index (χ4v) is 6.49. The Kier molecular flexibility index (Phi) is 10.9. The van der Waals surface area contributed by atoms with Gasteiger partial charge in [-0.05, 0) is 80.5 Å². The first kappa shape index (κ1) is 31.4. The molecule has 1 aliphatic heterocycles. The Hall–Kier alpha value is -3.58. The number of nitrogens with zero attached hydrogens (tertiary/aromatic N) is 1. The Bertz CT molecular complexity index is 1260. The lowest BCUT2D eigenvalue weighted by Gasteiger charge is -2.51. The summed E-state index contributed by atoms with van der Waals surface area (Å²) in [7, 11) is 1.65. The number of hydrogen-bond acceptors (Lipinski definition) is 5. The number of piperidine rings is 1. The highest BCUT2D eigenvalue weighted by Gasteiger charge is 2.47. The molecule has 0 radical (unpaired) electrons. The van der Waals surface area contributed by atoms with Gasteiger partial charge >= 0.3 is 5.97 Å². The summed E-state index contributed by atoms with van der Waals surface area (Å²) in [6.07, 6.45) is 14.2. The average molecular weight is 575 g/mol. The number of hydrogen-bond donors (Lipinski definition) is 2. The van der Waals surface area contributed by atoms with E-state index in [-0.39, 0.29) is 35.4 Å². The molecule has 2 aromatic carbocycles. The third-order valence-electron chi connectivity index (χ3n) is 8.54. The smallest absolute Gasteiger partial charge is 0.339 e. The minimum atomic E-state index is -1.05.